The van der Waals surface area contributed by atoms with E-state index >= 15 is 0 Å². The maximum atomic E-state index is 11.4. The molecule has 8 nitrogen and oxygen atoms in total. The van der Waals surface area contributed by atoms with E-state index in [9.17, 15) is 20.0 Å². The number of benzene rings is 2. The van der Waals surface area contributed by atoms with Crippen molar-refractivity contribution in [2.45, 2.75) is 6.92 Å². The van der Waals surface area contributed by atoms with Crippen LogP contribution in [0.2, 0.25) is 0 Å². The molecule has 2 aromatic carbocycles. The molecule has 1 amide bonds. The van der Waals surface area contributed by atoms with Gasteiger partial charge in [-0.1, -0.05) is 6.07 Å². The normalized spacial score (nSPS) is 14.6. The fourth-order valence-electron chi connectivity index (χ4n) is 2.97. The van der Waals surface area contributed by atoms with Gasteiger partial charge in [0.15, 0.2) is 0 Å². The van der Waals surface area contributed by atoms with Gasteiger partial charge >= 0.3 is 5.69 Å². The van der Waals surface area contributed by atoms with E-state index in [1.807, 2.05) is 29.2 Å². The zero-order chi connectivity index (χ0) is 19.4. The smallest absolute Gasteiger partial charge is 0.311 e. The van der Waals surface area contributed by atoms with Gasteiger partial charge in [0.2, 0.25) is 11.7 Å². The lowest BCUT2D eigenvalue weighted by Gasteiger charge is -2.35. The number of carbonyl (C=O) groups excluding carboxylic acids is 1. The summed E-state index contributed by atoms with van der Waals surface area (Å²) in [4.78, 5) is 30.0. The molecular weight excluding hydrogens is 348 g/mol. The summed E-state index contributed by atoms with van der Waals surface area (Å²) >= 11 is 0. The van der Waals surface area contributed by atoms with Crippen molar-refractivity contribution in [3.63, 3.8) is 0 Å². The topological polar surface area (TPSA) is 99.3 Å². The average Bonchev–Trinajstić information content (AvgIpc) is 2.67. The molecule has 1 aliphatic rings. The Hall–Kier alpha value is -3.42. The summed E-state index contributed by atoms with van der Waals surface area (Å²) in [5.41, 5.74) is 1.66. The molecule has 0 atom stereocenters. The van der Waals surface area contributed by atoms with Crippen molar-refractivity contribution in [3.8, 4) is 5.75 Å². The summed E-state index contributed by atoms with van der Waals surface area (Å²) < 4.78 is 0. The Bertz CT molecular complexity index is 872. The molecule has 0 aliphatic carbocycles. The first-order chi connectivity index (χ1) is 13.0. The van der Waals surface area contributed by atoms with Crippen LogP contribution in [0.1, 0.15) is 12.5 Å². The van der Waals surface area contributed by atoms with E-state index in [0.29, 0.717) is 18.8 Å². The molecule has 0 radical (unpaired) electrons. The minimum absolute atomic E-state index is 0.101. The Kier molecular flexibility index (Phi) is 5.35. The van der Waals surface area contributed by atoms with Gasteiger partial charge in [-0.2, -0.15) is 0 Å². The molecular formula is C19H20N4O4. The van der Waals surface area contributed by atoms with Gasteiger partial charge in [-0.3, -0.25) is 19.9 Å². The summed E-state index contributed by atoms with van der Waals surface area (Å²) in [6.07, 6.45) is 1.41. The number of phenolic OH excluding ortho intramolecular Hbond substituents is 1. The van der Waals surface area contributed by atoms with Gasteiger partial charge in [-0.15, -0.1) is 0 Å². The van der Waals surface area contributed by atoms with Crippen LogP contribution in [0.3, 0.4) is 0 Å². The predicted octanol–water partition coefficient (Wildman–Crippen LogP) is 2.72. The summed E-state index contributed by atoms with van der Waals surface area (Å²) in [5.74, 6) is -0.296. The third kappa shape index (κ3) is 4.22. The highest BCUT2D eigenvalue weighted by Gasteiger charge is 2.18. The van der Waals surface area contributed by atoms with Crippen LogP contribution in [0.15, 0.2) is 47.5 Å². The SMILES string of the molecule is CC(=O)N1CCN(c2ccc(N=Cc3cccc([N+](=O)[O-])c3O)cc2)CC1. The lowest BCUT2D eigenvalue weighted by atomic mass is 10.2. The number of para-hydroxylation sites is 1. The fraction of sp³-hybridized carbons (Fsp3) is 0.263. The molecule has 0 aromatic heterocycles. The molecule has 3 rings (SSSR count). The molecule has 0 bridgehead atoms. The van der Waals surface area contributed by atoms with Crippen LogP contribution in [0.4, 0.5) is 17.1 Å². The monoisotopic (exact) mass is 368 g/mol. The summed E-state index contributed by atoms with van der Waals surface area (Å²) in [6.45, 7) is 4.57. The second kappa shape index (κ2) is 7.86. The van der Waals surface area contributed by atoms with Gasteiger partial charge in [0, 0.05) is 56.6 Å². The number of hydrogen-bond acceptors (Lipinski definition) is 6. The number of carbonyl (C=O) groups is 1. The van der Waals surface area contributed by atoms with Gasteiger partial charge in [-0.05, 0) is 30.3 Å². The highest BCUT2D eigenvalue weighted by Crippen LogP contribution is 2.28. The summed E-state index contributed by atoms with van der Waals surface area (Å²) in [5, 5.41) is 20.8. The van der Waals surface area contributed by atoms with Crippen LogP contribution in [-0.2, 0) is 4.79 Å². The molecule has 140 valence electrons. The van der Waals surface area contributed by atoms with Gasteiger partial charge < -0.3 is 14.9 Å². The number of amides is 1. The standard InChI is InChI=1S/C19H20N4O4/c1-14(24)21-9-11-22(12-10-21)17-7-5-16(6-8-17)20-13-15-3-2-4-18(19(15)25)23(26)27/h2-8,13,25H,9-12H2,1H3. The van der Waals surface area contributed by atoms with Gasteiger partial charge in [0.1, 0.15) is 0 Å². The fourth-order valence-corrected chi connectivity index (χ4v) is 2.97. The van der Waals surface area contributed by atoms with Crippen LogP contribution >= 0.6 is 0 Å². The number of nitro groups is 1. The van der Waals surface area contributed by atoms with Crippen molar-refractivity contribution >= 4 is 29.2 Å². The van der Waals surface area contributed by atoms with E-state index in [4.69, 9.17) is 0 Å². The predicted molar refractivity (Wildman–Crippen MR) is 103 cm³/mol. The number of phenols is 1. The third-order valence-corrected chi connectivity index (χ3v) is 4.54. The van der Waals surface area contributed by atoms with Crippen LogP contribution in [0, 0.1) is 10.1 Å². The highest BCUT2D eigenvalue weighted by molar-refractivity contribution is 5.87. The quantitative estimate of drug-likeness (QED) is 0.508. The number of rotatable bonds is 4. The second-order valence-electron chi connectivity index (χ2n) is 6.24. The number of aliphatic imine (C=N–C) groups is 1. The Balaban J connectivity index is 1.68. The molecule has 1 saturated heterocycles. The van der Waals surface area contributed by atoms with Gasteiger partial charge in [0.05, 0.1) is 10.6 Å². The van der Waals surface area contributed by atoms with Crippen molar-refractivity contribution in [1.29, 1.82) is 0 Å². The molecule has 27 heavy (non-hydrogen) atoms. The lowest BCUT2D eigenvalue weighted by Crippen LogP contribution is -2.48. The van der Waals surface area contributed by atoms with Gasteiger partial charge in [-0.25, -0.2) is 0 Å². The number of aromatic hydroxyl groups is 1. The minimum Gasteiger partial charge on any atom is -0.502 e. The van der Waals surface area contributed by atoms with Crippen LogP contribution in [0.25, 0.3) is 0 Å². The van der Waals surface area contributed by atoms with E-state index in [0.717, 1.165) is 18.8 Å². The first-order valence-corrected chi connectivity index (χ1v) is 8.56. The molecule has 0 unspecified atom stereocenters. The Morgan fingerprint density at radius 3 is 2.41 bits per heavy atom. The zero-order valence-corrected chi connectivity index (χ0v) is 14.9. The molecule has 0 spiro atoms. The zero-order valence-electron chi connectivity index (χ0n) is 14.9. The number of anilines is 1. The minimum atomic E-state index is -0.632. The molecule has 1 aliphatic heterocycles. The number of piperazine rings is 1. The Morgan fingerprint density at radius 2 is 1.81 bits per heavy atom. The number of nitrogens with zero attached hydrogens (tertiary/aromatic N) is 4. The molecule has 0 saturated carbocycles. The van der Waals surface area contributed by atoms with E-state index < -0.39 is 10.7 Å². The summed E-state index contributed by atoms with van der Waals surface area (Å²) in [6, 6.07) is 11.9. The van der Waals surface area contributed by atoms with Crippen molar-refractivity contribution in [2.75, 3.05) is 31.1 Å². The van der Waals surface area contributed by atoms with Crippen molar-refractivity contribution in [2.24, 2.45) is 4.99 Å². The third-order valence-electron chi connectivity index (χ3n) is 4.54. The molecule has 2 aromatic rings. The Labute approximate surface area is 156 Å². The maximum absolute atomic E-state index is 11.4. The van der Waals surface area contributed by atoms with E-state index in [1.54, 1.807) is 13.0 Å². The molecule has 1 fully saturated rings. The van der Waals surface area contributed by atoms with Crippen molar-refractivity contribution < 1.29 is 14.8 Å². The first kappa shape index (κ1) is 18.4. The van der Waals surface area contributed by atoms with Crippen LogP contribution in [-0.4, -0.2) is 53.2 Å². The molecule has 1 N–H and O–H groups in total. The largest absolute Gasteiger partial charge is 0.502 e. The average molecular weight is 368 g/mol. The van der Waals surface area contributed by atoms with Crippen LogP contribution in [0.5, 0.6) is 5.75 Å². The van der Waals surface area contributed by atoms with Crippen LogP contribution < -0.4 is 4.90 Å². The Morgan fingerprint density at radius 1 is 1.15 bits per heavy atom. The highest BCUT2D eigenvalue weighted by atomic mass is 16.6. The van der Waals surface area contributed by atoms with E-state index in [2.05, 4.69) is 9.89 Å². The number of nitro benzene ring substituents is 1. The first-order valence-electron chi connectivity index (χ1n) is 8.56. The number of hydrogen-bond donors (Lipinski definition) is 1. The molecule has 8 heteroatoms. The van der Waals surface area contributed by atoms with Crippen molar-refractivity contribution in [3.05, 3.63) is 58.1 Å². The second-order valence-corrected chi connectivity index (χ2v) is 6.24. The lowest BCUT2D eigenvalue weighted by molar-refractivity contribution is -0.385. The van der Waals surface area contributed by atoms with E-state index in [-0.39, 0.29) is 17.2 Å². The maximum Gasteiger partial charge on any atom is 0.311 e. The van der Waals surface area contributed by atoms with E-state index in [1.165, 1.54) is 18.3 Å². The molecule has 1 heterocycles. The van der Waals surface area contributed by atoms with Gasteiger partial charge in [0.25, 0.3) is 0 Å². The summed E-state index contributed by atoms with van der Waals surface area (Å²) in [7, 11) is 0. The van der Waals surface area contributed by atoms with Crippen molar-refractivity contribution in [1.82, 2.24) is 4.90 Å².